The Hall–Kier alpha value is -2.33. The van der Waals surface area contributed by atoms with E-state index in [1.165, 1.54) is 0 Å². The lowest BCUT2D eigenvalue weighted by molar-refractivity contribution is -0.124. The van der Waals surface area contributed by atoms with Crippen molar-refractivity contribution < 1.29 is 9.59 Å². The minimum Gasteiger partial charge on any atom is -0.326 e. The number of rotatable bonds is 6. The SMILES string of the molecule is CCCC(C)(C)C(=O)Nc1cccc(NC(=O)c2ccccc2Cl)c1. The van der Waals surface area contributed by atoms with Gasteiger partial charge in [0.25, 0.3) is 5.91 Å². The summed E-state index contributed by atoms with van der Waals surface area (Å²) >= 11 is 6.05. The molecule has 25 heavy (non-hydrogen) atoms. The first kappa shape index (κ1) is 19.0. The molecule has 0 aromatic heterocycles. The average Bonchev–Trinajstić information content (AvgIpc) is 2.55. The number of anilines is 2. The predicted molar refractivity (Wildman–Crippen MR) is 103 cm³/mol. The first-order chi connectivity index (χ1) is 11.8. The normalized spacial score (nSPS) is 11.0. The van der Waals surface area contributed by atoms with Crippen LogP contribution in [0.5, 0.6) is 0 Å². The minimum atomic E-state index is -0.439. The predicted octanol–water partition coefficient (Wildman–Crippen LogP) is 5.36. The maximum absolute atomic E-state index is 12.4. The molecule has 0 atom stereocenters. The molecule has 2 rings (SSSR count). The van der Waals surface area contributed by atoms with Gasteiger partial charge in [-0.2, -0.15) is 0 Å². The van der Waals surface area contributed by atoms with Gasteiger partial charge in [0.1, 0.15) is 0 Å². The van der Waals surface area contributed by atoms with E-state index in [0.717, 1.165) is 12.8 Å². The quantitative estimate of drug-likeness (QED) is 0.730. The molecule has 2 aromatic rings. The summed E-state index contributed by atoms with van der Waals surface area (Å²) in [4.78, 5) is 24.7. The zero-order valence-corrected chi connectivity index (χ0v) is 15.5. The number of carbonyl (C=O) groups excluding carboxylic acids is 2. The molecule has 0 spiro atoms. The van der Waals surface area contributed by atoms with Gasteiger partial charge in [0, 0.05) is 16.8 Å². The Balaban J connectivity index is 2.10. The summed E-state index contributed by atoms with van der Waals surface area (Å²) < 4.78 is 0. The van der Waals surface area contributed by atoms with Crippen LogP contribution in [-0.2, 0) is 4.79 Å². The number of benzene rings is 2. The largest absolute Gasteiger partial charge is 0.326 e. The Morgan fingerprint density at radius 1 is 1.00 bits per heavy atom. The Kier molecular flexibility index (Phi) is 6.21. The molecule has 0 fully saturated rings. The van der Waals surface area contributed by atoms with E-state index in [9.17, 15) is 9.59 Å². The number of nitrogens with one attached hydrogen (secondary N) is 2. The van der Waals surface area contributed by atoms with Crippen molar-refractivity contribution in [2.24, 2.45) is 5.41 Å². The van der Waals surface area contributed by atoms with E-state index in [0.29, 0.717) is 22.0 Å². The van der Waals surface area contributed by atoms with Crippen LogP contribution in [0.15, 0.2) is 48.5 Å². The second kappa shape index (κ2) is 8.17. The zero-order chi connectivity index (χ0) is 18.4. The van der Waals surface area contributed by atoms with Crippen LogP contribution in [0.3, 0.4) is 0 Å². The third kappa shape index (κ3) is 5.07. The molecule has 0 bridgehead atoms. The van der Waals surface area contributed by atoms with Crippen LogP contribution < -0.4 is 10.6 Å². The van der Waals surface area contributed by atoms with E-state index in [1.807, 2.05) is 13.8 Å². The second-order valence-corrected chi connectivity index (χ2v) is 7.01. The fourth-order valence-electron chi connectivity index (χ4n) is 2.56. The number of amides is 2. The third-order valence-electron chi connectivity index (χ3n) is 3.99. The Bertz CT molecular complexity index is 772. The van der Waals surface area contributed by atoms with Gasteiger partial charge in [0.15, 0.2) is 0 Å². The van der Waals surface area contributed by atoms with Crippen molar-refractivity contribution in [1.82, 2.24) is 0 Å². The third-order valence-corrected chi connectivity index (χ3v) is 4.32. The van der Waals surface area contributed by atoms with E-state index >= 15 is 0 Å². The van der Waals surface area contributed by atoms with Gasteiger partial charge in [0.05, 0.1) is 10.6 Å². The smallest absolute Gasteiger partial charge is 0.257 e. The van der Waals surface area contributed by atoms with Gasteiger partial charge < -0.3 is 10.6 Å². The number of hydrogen-bond donors (Lipinski definition) is 2. The molecule has 0 aliphatic rings. The molecule has 0 aliphatic heterocycles. The van der Waals surface area contributed by atoms with Gasteiger partial charge in [-0.05, 0) is 36.8 Å². The molecule has 0 radical (unpaired) electrons. The molecule has 2 aromatic carbocycles. The molecule has 0 aliphatic carbocycles. The average molecular weight is 359 g/mol. The van der Waals surface area contributed by atoms with Crippen molar-refractivity contribution in [1.29, 1.82) is 0 Å². The van der Waals surface area contributed by atoms with Crippen LogP contribution in [0.25, 0.3) is 0 Å². The van der Waals surface area contributed by atoms with Crippen molar-refractivity contribution in [3.05, 3.63) is 59.1 Å². The molecule has 132 valence electrons. The van der Waals surface area contributed by atoms with Crippen LogP contribution in [0, 0.1) is 5.41 Å². The zero-order valence-electron chi connectivity index (χ0n) is 14.7. The van der Waals surface area contributed by atoms with E-state index in [4.69, 9.17) is 11.6 Å². The molecular weight excluding hydrogens is 336 g/mol. The summed E-state index contributed by atoms with van der Waals surface area (Å²) in [6, 6.07) is 13.9. The number of halogens is 1. The van der Waals surface area contributed by atoms with Gasteiger partial charge in [-0.15, -0.1) is 0 Å². The highest BCUT2D eigenvalue weighted by molar-refractivity contribution is 6.34. The molecule has 2 amide bonds. The van der Waals surface area contributed by atoms with E-state index in [1.54, 1.807) is 48.5 Å². The van der Waals surface area contributed by atoms with E-state index < -0.39 is 5.41 Å². The molecule has 0 saturated carbocycles. The lowest BCUT2D eigenvalue weighted by atomic mass is 9.87. The van der Waals surface area contributed by atoms with E-state index in [-0.39, 0.29) is 11.8 Å². The monoisotopic (exact) mass is 358 g/mol. The molecule has 0 unspecified atom stereocenters. The van der Waals surface area contributed by atoms with Crippen LogP contribution >= 0.6 is 11.6 Å². The Morgan fingerprint density at radius 2 is 1.64 bits per heavy atom. The van der Waals surface area contributed by atoms with Crippen molar-refractivity contribution in [3.8, 4) is 0 Å². The number of carbonyl (C=O) groups is 2. The lowest BCUT2D eigenvalue weighted by Gasteiger charge is -2.23. The fourth-order valence-corrected chi connectivity index (χ4v) is 2.78. The van der Waals surface area contributed by atoms with Gasteiger partial charge in [-0.3, -0.25) is 9.59 Å². The highest BCUT2D eigenvalue weighted by Crippen LogP contribution is 2.25. The van der Waals surface area contributed by atoms with Crippen LogP contribution in [0.1, 0.15) is 44.0 Å². The van der Waals surface area contributed by atoms with Crippen LogP contribution in [0.2, 0.25) is 5.02 Å². The molecule has 2 N–H and O–H groups in total. The lowest BCUT2D eigenvalue weighted by Crippen LogP contribution is -2.30. The number of hydrogen-bond acceptors (Lipinski definition) is 2. The van der Waals surface area contributed by atoms with Crippen molar-refractivity contribution in [2.45, 2.75) is 33.6 Å². The van der Waals surface area contributed by atoms with Gasteiger partial charge >= 0.3 is 0 Å². The summed E-state index contributed by atoms with van der Waals surface area (Å²) in [5.74, 6) is -0.329. The van der Waals surface area contributed by atoms with E-state index in [2.05, 4.69) is 17.6 Å². The van der Waals surface area contributed by atoms with Gasteiger partial charge in [-0.1, -0.05) is 57.0 Å². The topological polar surface area (TPSA) is 58.2 Å². The van der Waals surface area contributed by atoms with Crippen molar-refractivity contribution in [2.75, 3.05) is 10.6 Å². The molecule has 4 nitrogen and oxygen atoms in total. The fraction of sp³-hybridized carbons (Fsp3) is 0.300. The van der Waals surface area contributed by atoms with Crippen LogP contribution in [-0.4, -0.2) is 11.8 Å². The van der Waals surface area contributed by atoms with Crippen molar-refractivity contribution in [3.63, 3.8) is 0 Å². The van der Waals surface area contributed by atoms with Gasteiger partial charge in [0.2, 0.25) is 5.91 Å². The first-order valence-corrected chi connectivity index (χ1v) is 8.68. The summed E-state index contributed by atoms with van der Waals surface area (Å²) in [6.07, 6.45) is 1.75. The summed E-state index contributed by atoms with van der Waals surface area (Å²) in [5.41, 5.74) is 1.20. The summed E-state index contributed by atoms with van der Waals surface area (Å²) in [7, 11) is 0. The highest BCUT2D eigenvalue weighted by atomic mass is 35.5. The standard InChI is InChI=1S/C20H23ClN2O2/c1-4-12-20(2,3)19(25)23-15-9-7-8-14(13-15)22-18(24)16-10-5-6-11-17(16)21/h5-11,13H,4,12H2,1-3H3,(H,22,24)(H,23,25). The second-order valence-electron chi connectivity index (χ2n) is 6.60. The minimum absolute atomic E-state index is 0.0380. The molecular formula is C20H23ClN2O2. The highest BCUT2D eigenvalue weighted by Gasteiger charge is 2.26. The molecule has 0 heterocycles. The van der Waals surface area contributed by atoms with Gasteiger partial charge in [-0.25, -0.2) is 0 Å². The summed E-state index contributed by atoms with van der Waals surface area (Å²) in [6.45, 7) is 5.91. The first-order valence-electron chi connectivity index (χ1n) is 8.31. The molecule has 5 heteroatoms. The molecule has 0 saturated heterocycles. The van der Waals surface area contributed by atoms with Crippen LogP contribution in [0.4, 0.5) is 11.4 Å². The Labute approximate surface area is 153 Å². The summed E-state index contributed by atoms with van der Waals surface area (Å²) in [5, 5.41) is 6.11. The maximum Gasteiger partial charge on any atom is 0.257 e. The van der Waals surface area contributed by atoms with Crippen molar-refractivity contribution >= 4 is 34.8 Å². The maximum atomic E-state index is 12.4. The Morgan fingerprint density at radius 3 is 2.28 bits per heavy atom.